The number of rotatable bonds is 6. The van der Waals surface area contributed by atoms with E-state index in [0.29, 0.717) is 18.2 Å². The van der Waals surface area contributed by atoms with Gasteiger partial charge in [0, 0.05) is 17.1 Å². The first-order chi connectivity index (χ1) is 9.67. The molecule has 1 aliphatic carbocycles. The average Bonchev–Trinajstić information content (AvgIpc) is 3.19. The molecule has 0 bridgehead atoms. The van der Waals surface area contributed by atoms with Gasteiger partial charge in [0.1, 0.15) is 6.54 Å². The van der Waals surface area contributed by atoms with Gasteiger partial charge in [-0.3, -0.25) is 0 Å². The average molecular weight is 387 g/mol. The molecule has 0 atom stereocenters. The zero-order valence-corrected chi connectivity index (χ0v) is 13.3. The lowest BCUT2D eigenvalue weighted by Gasteiger charge is -2.12. The van der Waals surface area contributed by atoms with Gasteiger partial charge in [0.15, 0.2) is 0 Å². The number of hydrogen-bond donors (Lipinski definition) is 2. The summed E-state index contributed by atoms with van der Waals surface area (Å²) in [6, 6.07) is 5.07. The summed E-state index contributed by atoms with van der Waals surface area (Å²) < 4.78 is 62.1. The quantitative estimate of drug-likeness (QED) is 0.789. The highest BCUT2D eigenvalue weighted by Crippen LogP contribution is 2.25. The van der Waals surface area contributed by atoms with Crippen LogP contribution in [0.4, 0.5) is 13.2 Å². The highest BCUT2D eigenvalue weighted by atomic mass is 79.9. The van der Waals surface area contributed by atoms with E-state index in [-0.39, 0.29) is 9.37 Å². The van der Waals surface area contributed by atoms with E-state index < -0.39 is 22.7 Å². The van der Waals surface area contributed by atoms with Gasteiger partial charge in [0.2, 0.25) is 10.0 Å². The summed E-state index contributed by atoms with van der Waals surface area (Å²) in [5, 5.41) is 3.22. The zero-order valence-electron chi connectivity index (χ0n) is 10.9. The van der Waals surface area contributed by atoms with Gasteiger partial charge in [-0.05, 0) is 46.5 Å². The van der Waals surface area contributed by atoms with Crippen molar-refractivity contribution in [1.82, 2.24) is 10.0 Å². The van der Waals surface area contributed by atoms with Crippen LogP contribution < -0.4 is 10.0 Å². The Kier molecular flexibility index (Phi) is 4.96. The molecule has 118 valence electrons. The highest BCUT2D eigenvalue weighted by molar-refractivity contribution is 9.10. The molecule has 0 amide bonds. The van der Waals surface area contributed by atoms with Crippen LogP contribution in [0.15, 0.2) is 27.6 Å². The van der Waals surface area contributed by atoms with Gasteiger partial charge in [-0.25, -0.2) is 13.1 Å². The lowest BCUT2D eigenvalue weighted by molar-refractivity contribution is -0.121. The van der Waals surface area contributed by atoms with Crippen molar-refractivity contribution < 1.29 is 21.6 Å². The third kappa shape index (κ3) is 5.24. The van der Waals surface area contributed by atoms with Crippen LogP contribution in [0.5, 0.6) is 0 Å². The lowest BCUT2D eigenvalue weighted by Crippen LogP contribution is -2.34. The van der Waals surface area contributed by atoms with E-state index in [1.54, 1.807) is 10.8 Å². The van der Waals surface area contributed by atoms with Crippen molar-refractivity contribution in [1.29, 1.82) is 0 Å². The van der Waals surface area contributed by atoms with Gasteiger partial charge >= 0.3 is 6.18 Å². The van der Waals surface area contributed by atoms with Crippen LogP contribution in [0.3, 0.4) is 0 Å². The molecule has 4 nitrogen and oxygen atoms in total. The SMILES string of the molecule is O=S(=O)(NCC(F)(F)F)c1cc(CNC2CC2)ccc1Br. The minimum absolute atomic E-state index is 0.193. The molecule has 9 heteroatoms. The van der Waals surface area contributed by atoms with E-state index in [0.717, 1.165) is 12.8 Å². The predicted octanol–water partition coefficient (Wildman–Crippen LogP) is 2.54. The largest absolute Gasteiger partial charge is 0.402 e. The zero-order chi connectivity index (χ0) is 15.7. The Hall–Kier alpha value is -0.640. The second-order valence-electron chi connectivity index (χ2n) is 4.86. The Labute approximate surface area is 129 Å². The van der Waals surface area contributed by atoms with Crippen LogP contribution in [0.2, 0.25) is 0 Å². The summed E-state index contributed by atoms with van der Waals surface area (Å²) >= 11 is 3.06. The Balaban J connectivity index is 2.13. The van der Waals surface area contributed by atoms with Crippen molar-refractivity contribution in [2.24, 2.45) is 0 Å². The Morgan fingerprint density at radius 3 is 2.52 bits per heavy atom. The molecule has 1 aliphatic rings. The maximum absolute atomic E-state index is 12.1. The minimum atomic E-state index is -4.59. The third-order valence-electron chi connectivity index (χ3n) is 2.92. The number of hydrogen-bond acceptors (Lipinski definition) is 3. The van der Waals surface area contributed by atoms with Crippen LogP contribution in [0.1, 0.15) is 18.4 Å². The van der Waals surface area contributed by atoms with Crippen LogP contribution in [0.25, 0.3) is 0 Å². The number of nitrogens with one attached hydrogen (secondary N) is 2. The molecule has 1 aromatic rings. The normalized spacial score (nSPS) is 16.2. The third-order valence-corrected chi connectivity index (χ3v) is 5.32. The predicted molar refractivity (Wildman–Crippen MR) is 75.2 cm³/mol. The van der Waals surface area contributed by atoms with Gasteiger partial charge in [0.25, 0.3) is 0 Å². The van der Waals surface area contributed by atoms with E-state index in [1.807, 2.05) is 0 Å². The van der Waals surface area contributed by atoms with Crippen molar-refractivity contribution in [3.8, 4) is 0 Å². The Bertz CT molecular complexity index is 615. The molecular weight excluding hydrogens is 373 g/mol. The van der Waals surface area contributed by atoms with E-state index in [1.165, 1.54) is 12.1 Å². The van der Waals surface area contributed by atoms with E-state index >= 15 is 0 Å². The van der Waals surface area contributed by atoms with Crippen LogP contribution in [-0.4, -0.2) is 27.2 Å². The van der Waals surface area contributed by atoms with E-state index in [2.05, 4.69) is 21.2 Å². The van der Waals surface area contributed by atoms with Crippen LogP contribution in [0, 0.1) is 0 Å². The fraction of sp³-hybridized carbons (Fsp3) is 0.500. The smallest absolute Gasteiger partial charge is 0.310 e. The summed E-state index contributed by atoms with van der Waals surface area (Å²) in [6.07, 6.45) is -2.41. The van der Waals surface area contributed by atoms with Crippen molar-refractivity contribution in [2.45, 2.75) is 36.5 Å². The molecule has 0 saturated heterocycles. The summed E-state index contributed by atoms with van der Waals surface area (Å²) in [4.78, 5) is -0.193. The van der Waals surface area contributed by atoms with Crippen LogP contribution in [-0.2, 0) is 16.6 Å². The molecule has 0 spiro atoms. The summed E-state index contributed by atoms with van der Waals surface area (Å²) in [7, 11) is -4.21. The molecule has 1 fully saturated rings. The van der Waals surface area contributed by atoms with Gasteiger partial charge in [0.05, 0.1) is 4.90 Å². The first-order valence-electron chi connectivity index (χ1n) is 6.25. The van der Waals surface area contributed by atoms with E-state index in [4.69, 9.17) is 0 Å². The summed E-state index contributed by atoms with van der Waals surface area (Å²) in [5.41, 5.74) is 0.706. The maximum Gasteiger partial charge on any atom is 0.402 e. The molecule has 0 aliphatic heterocycles. The first-order valence-corrected chi connectivity index (χ1v) is 8.53. The Morgan fingerprint density at radius 2 is 1.95 bits per heavy atom. The molecule has 0 unspecified atom stereocenters. The fourth-order valence-corrected chi connectivity index (χ4v) is 3.69. The first kappa shape index (κ1) is 16.7. The molecule has 1 aromatic carbocycles. The molecule has 0 radical (unpaired) electrons. The molecular formula is C12H14BrF3N2O2S. The molecule has 2 rings (SSSR count). The highest BCUT2D eigenvalue weighted by Gasteiger charge is 2.30. The molecule has 0 aromatic heterocycles. The molecule has 2 N–H and O–H groups in total. The second kappa shape index (κ2) is 6.23. The topological polar surface area (TPSA) is 58.2 Å². The van der Waals surface area contributed by atoms with Crippen molar-refractivity contribution in [3.63, 3.8) is 0 Å². The van der Waals surface area contributed by atoms with Crippen molar-refractivity contribution >= 4 is 26.0 Å². The number of alkyl halides is 3. The minimum Gasteiger partial charge on any atom is -0.310 e. The van der Waals surface area contributed by atoms with Gasteiger partial charge < -0.3 is 5.32 Å². The monoisotopic (exact) mass is 386 g/mol. The van der Waals surface area contributed by atoms with Gasteiger partial charge in [-0.2, -0.15) is 13.2 Å². The summed E-state index contributed by atoms with van der Waals surface area (Å²) in [6.45, 7) is -1.11. The number of sulfonamides is 1. The van der Waals surface area contributed by atoms with E-state index in [9.17, 15) is 21.6 Å². The molecule has 0 heterocycles. The Morgan fingerprint density at radius 1 is 1.29 bits per heavy atom. The lowest BCUT2D eigenvalue weighted by atomic mass is 10.2. The maximum atomic E-state index is 12.1. The van der Waals surface area contributed by atoms with Crippen molar-refractivity contribution in [2.75, 3.05) is 6.54 Å². The summed E-state index contributed by atoms with van der Waals surface area (Å²) in [5.74, 6) is 0. The van der Waals surface area contributed by atoms with Crippen LogP contribution >= 0.6 is 15.9 Å². The fourth-order valence-electron chi connectivity index (χ4n) is 1.67. The second-order valence-corrected chi connectivity index (χ2v) is 7.45. The van der Waals surface area contributed by atoms with Gasteiger partial charge in [-0.15, -0.1) is 0 Å². The van der Waals surface area contributed by atoms with Crippen molar-refractivity contribution in [3.05, 3.63) is 28.2 Å². The number of benzene rings is 1. The molecule has 21 heavy (non-hydrogen) atoms. The standard InChI is InChI=1S/C12H14BrF3N2O2S/c13-10-4-1-8(6-17-9-2-3-9)5-11(10)21(19,20)18-7-12(14,15)16/h1,4-5,9,17-18H,2-3,6-7H2. The number of halogens is 4. The molecule has 1 saturated carbocycles. The van der Waals surface area contributed by atoms with Gasteiger partial charge in [-0.1, -0.05) is 6.07 Å².